The normalized spacial score (nSPS) is 36.1. The first-order valence-electron chi connectivity index (χ1n) is 5.33. The Labute approximate surface area is 84.4 Å². The molecule has 80 valence electrons. The molecule has 0 aromatic heterocycles. The van der Waals surface area contributed by atoms with Gasteiger partial charge in [0.15, 0.2) is 0 Å². The SMILES string of the molecule is CC(C)NC(=O)[C@@H]1C[C@H]2CNC[C@@H]1O2. The number of rotatable bonds is 2. The van der Waals surface area contributed by atoms with E-state index in [1.54, 1.807) is 0 Å². The van der Waals surface area contributed by atoms with Crippen LogP contribution < -0.4 is 10.6 Å². The first kappa shape index (κ1) is 9.93. The van der Waals surface area contributed by atoms with Gasteiger partial charge in [0, 0.05) is 19.1 Å². The van der Waals surface area contributed by atoms with Crippen molar-refractivity contribution >= 4 is 5.91 Å². The van der Waals surface area contributed by atoms with Crippen LogP contribution in [0, 0.1) is 5.92 Å². The Morgan fingerprint density at radius 3 is 2.93 bits per heavy atom. The van der Waals surface area contributed by atoms with Crippen molar-refractivity contribution in [1.29, 1.82) is 0 Å². The van der Waals surface area contributed by atoms with E-state index in [0.29, 0.717) is 0 Å². The van der Waals surface area contributed by atoms with Crippen molar-refractivity contribution in [3.63, 3.8) is 0 Å². The number of hydrogen-bond acceptors (Lipinski definition) is 3. The van der Waals surface area contributed by atoms with Crippen molar-refractivity contribution in [3.05, 3.63) is 0 Å². The van der Waals surface area contributed by atoms with E-state index in [4.69, 9.17) is 4.74 Å². The molecule has 0 saturated carbocycles. The molecule has 4 nitrogen and oxygen atoms in total. The maximum Gasteiger partial charge on any atom is 0.226 e. The summed E-state index contributed by atoms with van der Waals surface area (Å²) in [4.78, 5) is 11.8. The number of morpholine rings is 1. The van der Waals surface area contributed by atoms with Gasteiger partial charge in [-0.05, 0) is 20.3 Å². The van der Waals surface area contributed by atoms with E-state index in [9.17, 15) is 4.79 Å². The average molecular weight is 198 g/mol. The van der Waals surface area contributed by atoms with Gasteiger partial charge in [0.25, 0.3) is 0 Å². The standard InChI is InChI=1S/C10H18N2O2/c1-6(2)12-10(13)8-3-7-4-11-5-9(8)14-7/h6-9,11H,3-5H2,1-2H3,(H,12,13)/t7-,8+,9-/m0/s1. The summed E-state index contributed by atoms with van der Waals surface area (Å²) in [5.41, 5.74) is 0. The number of hydrogen-bond donors (Lipinski definition) is 2. The highest BCUT2D eigenvalue weighted by atomic mass is 16.5. The van der Waals surface area contributed by atoms with Crippen molar-refractivity contribution in [2.75, 3.05) is 13.1 Å². The predicted molar refractivity (Wildman–Crippen MR) is 52.9 cm³/mol. The van der Waals surface area contributed by atoms with Crippen LogP contribution in [0.15, 0.2) is 0 Å². The Morgan fingerprint density at radius 2 is 2.29 bits per heavy atom. The second-order valence-corrected chi connectivity index (χ2v) is 4.46. The fourth-order valence-corrected chi connectivity index (χ4v) is 2.21. The van der Waals surface area contributed by atoms with Gasteiger partial charge in [-0.1, -0.05) is 0 Å². The van der Waals surface area contributed by atoms with Crippen molar-refractivity contribution in [3.8, 4) is 0 Å². The van der Waals surface area contributed by atoms with Crippen LogP contribution in [-0.4, -0.2) is 37.2 Å². The molecule has 0 radical (unpaired) electrons. The molecule has 0 aliphatic carbocycles. The summed E-state index contributed by atoms with van der Waals surface area (Å²) in [5.74, 6) is 0.202. The van der Waals surface area contributed by atoms with Crippen molar-refractivity contribution < 1.29 is 9.53 Å². The van der Waals surface area contributed by atoms with Gasteiger partial charge in [-0.25, -0.2) is 0 Å². The van der Waals surface area contributed by atoms with Crippen LogP contribution in [0.5, 0.6) is 0 Å². The molecule has 0 aromatic carbocycles. The third-order valence-electron chi connectivity index (χ3n) is 2.82. The first-order chi connectivity index (χ1) is 6.66. The summed E-state index contributed by atoms with van der Waals surface area (Å²) in [6, 6.07) is 0.218. The van der Waals surface area contributed by atoms with Gasteiger partial charge in [-0.2, -0.15) is 0 Å². The van der Waals surface area contributed by atoms with E-state index in [0.717, 1.165) is 19.5 Å². The molecule has 0 aromatic rings. The van der Waals surface area contributed by atoms with E-state index in [1.807, 2.05) is 13.8 Å². The molecule has 2 bridgehead atoms. The first-order valence-corrected chi connectivity index (χ1v) is 5.33. The highest BCUT2D eigenvalue weighted by Crippen LogP contribution is 2.28. The molecule has 14 heavy (non-hydrogen) atoms. The molecule has 2 heterocycles. The van der Waals surface area contributed by atoms with Crippen molar-refractivity contribution in [1.82, 2.24) is 10.6 Å². The molecule has 2 N–H and O–H groups in total. The zero-order chi connectivity index (χ0) is 10.1. The van der Waals surface area contributed by atoms with Gasteiger partial charge in [-0.15, -0.1) is 0 Å². The van der Waals surface area contributed by atoms with Gasteiger partial charge in [0.2, 0.25) is 5.91 Å². The fraction of sp³-hybridized carbons (Fsp3) is 0.900. The molecule has 1 amide bonds. The maximum atomic E-state index is 11.8. The molecular formula is C10H18N2O2. The van der Waals surface area contributed by atoms with Gasteiger partial charge < -0.3 is 15.4 Å². The highest BCUT2D eigenvalue weighted by molar-refractivity contribution is 5.80. The maximum absolute atomic E-state index is 11.8. The van der Waals surface area contributed by atoms with E-state index in [-0.39, 0.29) is 30.1 Å². The van der Waals surface area contributed by atoms with Gasteiger partial charge in [-0.3, -0.25) is 4.79 Å². The Morgan fingerprint density at radius 1 is 1.50 bits per heavy atom. The van der Waals surface area contributed by atoms with Crippen LogP contribution in [0.3, 0.4) is 0 Å². The lowest BCUT2D eigenvalue weighted by Crippen LogP contribution is -2.43. The number of carbonyl (C=O) groups excluding carboxylic acids is 1. The van der Waals surface area contributed by atoms with Crippen LogP contribution in [-0.2, 0) is 9.53 Å². The predicted octanol–water partition coefficient (Wildman–Crippen LogP) is -0.112. The second-order valence-electron chi connectivity index (χ2n) is 4.46. The number of nitrogens with one attached hydrogen (secondary N) is 2. The zero-order valence-electron chi connectivity index (χ0n) is 8.75. The summed E-state index contributed by atoms with van der Waals surface area (Å²) < 4.78 is 5.69. The number of fused-ring (bicyclic) bond motifs is 2. The topological polar surface area (TPSA) is 50.4 Å². The summed E-state index contributed by atoms with van der Waals surface area (Å²) in [7, 11) is 0. The van der Waals surface area contributed by atoms with Gasteiger partial charge >= 0.3 is 0 Å². The van der Waals surface area contributed by atoms with Crippen LogP contribution in [0.1, 0.15) is 20.3 Å². The minimum atomic E-state index is 0.0531. The lowest BCUT2D eigenvalue weighted by molar-refractivity contribution is -0.127. The molecule has 2 aliphatic heterocycles. The third kappa shape index (κ3) is 1.91. The number of amides is 1. The molecule has 2 aliphatic rings. The summed E-state index contributed by atoms with van der Waals surface area (Å²) in [6.07, 6.45) is 1.21. The number of carbonyl (C=O) groups is 1. The van der Waals surface area contributed by atoms with E-state index in [2.05, 4.69) is 10.6 Å². The third-order valence-corrected chi connectivity index (χ3v) is 2.82. The monoisotopic (exact) mass is 198 g/mol. The molecule has 0 unspecified atom stereocenters. The molecule has 2 rings (SSSR count). The van der Waals surface area contributed by atoms with Crippen LogP contribution >= 0.6 is 0 Å². The van der Waals surface area contributed by atoms with Crippen LogP contribution in [0.4, 0.5) is 0 Å². The van der Waals surface area contributed by atoms with Gasteiger partial charge in [0.05, 0.1) is 18.1 Å². The van der Waals surface area contributed by atoms with Gasteiger partial charge in [0.1, 0.15) is 0 Å². The van der Waals surface area contributed by atoms with Crippen LogP contribution in [0.25, 0.3) is 0 Å². The quantitative estimate of drug-likeness (QED) is 0.651. The lowest BCUT2D eigenvalue weighted by atomic mass is 9.99. The molecule has 0 spiro atoms. The summed E-state index contributed by atoms with van der Waals surface area (Å²) in [5, 5.41) is 6.23. The van der Waals surface area contributed by atoms with E-state index in [1.165, 1.54) is 0 Å². The smallest absolute Gasteiger partial charge is 0.226 e. The summed E-state index contributed by atoms with van der Waals surface area (Å²) in [6.45, 7) is 5.67. The van der Waals surface area contributed by atoms with Crippen molar-refractivity contribution in [2.24, 2.45) is 5.92 Å². The largest absolute Gasteiger partial charge is 0.371 e. The fourth-order valence-electron chi connectivity index (χ4n) is 2.21. The Kier molecular flexibility index (Phi) is 2.74. The molecule has 3 atom stereocenters. The Balaban J connectivity index is 1.94. The van der Waals surface area contributed by atoms with Crippen molar-refractivity contribution in [2.45, 2.75) is 38.5 Å². The molecular weight excluding hydrogens is 180 g/mol. The minimum absolute atomic E-state index is 0.0531. The average Bonchev–Trinajstić information content (AvgIpc) is 2.40. The van der Waals surface area contributed by atoms with E-state index >= 15 is 0 Å². The lowest BCUT2D eigenvalue weighted by Gasteiger charge is -2.23. The molecule has 2 fully saturated rings. The Hall–Kier alpha value is -0.610. The van der Waals surface area contributed by atoms with Crippen LogP contribution in [0.2, 0.25) is 0 Å². The minimum Gasteiger partial charge on any atom is -0.371 e. The van der Waals surface area contributed by atoms with E-state index < -0.39 is 0 Å². The second kappa shape index (κ2) is 3.87. The zero-order valence-corrected chi connectivity index (χ0v) is 8.75. The molecule has 2 saturated heterocycles. The number of ether oxygens (including phenoxy) is 1. The molecule has 4 heteroatoms. The highest BCUT2D eigenvalue weighted by Gasteiger charge is 2.41. The summed E-state index contributed by atoms with van der Waals surface area (Å²) >= 11 is 0. The Bertz CT molecular complexity index is 230.